The van der Waals surface area contributed by atoms with Gasteiger partial charge in [0, 0.05) is 62.1 Å². The van der Waals surface area contributed by atoms with Crippen molar-refractivity contribution in [2.45, 2.75) is 77.0 Å². The van der Waals surface area contributed by atoms with Gasteiger partial charge in [-0.1, -0.05) is 32.9 Å². The van der Waals surface area contributed by atoms with E-state index in [-0.39, 0.29) is 28.6 Å². The van der Waals surface area contributed by atoms with E-state index in [1.165, 1.54) is 23.4 Å². The van der Waals surface area contributed by atoms with Gasteiger partial charge < -0.3 is 20.4 Å². The number of anilines is 2. The molecule has 2 aromatic carbocycles. The van der Waals surface area contributed by atoms with Gasteiger partial charge in [-0.15, -0.1) is 0 Å². The average Bonchev–Trinajstić information content (AvgIpc) is 3.38. The molecule has 0 radical (unpaired) electrons. The molecule has 0 aromatic heterocycles. The largest absolute Gasteiger partial charge is 0.382 e. The fourth-order valence-electron chi connectivity index (χ4n) is 5.52. The Morgan fingerprint density at radius 1 is 1.00 bits per heavy atom. The highest BCUT2D eigenvalue weighted by molar-refractivity contribution is 5.76. The quantitative estimate of drug-likeness (QED) is 0.296. The summed E-state index contributed by atoms with van der Waals surface area (Å²) in [6.07, 6.45) is 4.38. The Hall–Kier alpha value is -3.20. The predicted molar refractivity (Wildman–Crippen MR) is 154 cm³/mol. The summed E-state index contributed by atoms with van der Waals surface area (Å²) < 4.78 is 13.2. The number of amides is 1. The van der Waals surface area contributed by atoms with E-state index in [1.54, 1.807) is 6.07 Å². The fraction of sp³-hybridized carbons (Fsp3) is 0.567. The van der Waals surface area contributed by atoms with Crippen molar-refractivity contribution in [1.29, 1.82) is 0 Å². The van der Waals surface area contributed by atoms with Gasteiger partial charge in [-0.2, -0.15) is 0 Å². The number of nitrogens with zero attached hydrogens (tertiary/aromatic N) is 3. The number of hydrogen-bond donors (Lipinski definition) is 2. The highest BCUT2D eigenvalue weighted by Gasteiger charge is 2.27. The zero-order valence-corrected chi connectivity index (χ0v) is 23.4. The maximum Gasteiger partial charge on any atom is 0.275 e. The molecular weight excluding hydrogens is 497 g/mol. The Balaban J connectivity index is 1.13. The predicted octanol–water partition coefficient (Wildman–Crippen LogP) is 5.73. The van der Waals surface area contributed by atoms with Crippen molar-refractivity contribution in [3.8, 4) is 0 Å². The second-order valence-electron chi connectivity index (χ2n) is 11.9. The molecule has 4 rings (SSSR count). The number of alkyl halides is 1. The van der Waals surface area contributed by atoms with Crippen LogP contribution in [0, 0.1) is 10.1 Å². The molecule has 212 valence electrons. The van der Waals surface area contributed by atoms with Crippen molar-refractivity contribution in [1.82, 2.24) is 9.80 Å². The summed E-state index contributed by atoms with van der Waals surface area (Å²) in [5.74, 6) is 0.169. The van der Waals surface area contributed by atoms with Crippen LogP contribution in [0.3, 0.4) is 0 Å². The van der Waals surface area contributed by atoms with Crippen LogP contribution in [-0.2, 0) is 16.9 Å². The molecule has 39 heavy (non-hydrogen) atoms. The van der Waals surface area contributed by atoms with E-state index < -0.39 is 11.6 Å². The summed E-state index contributed by atoms with van der Waals surface area (Å²) >= 11 is 0. The van der Waals surface area contributed by atoms with Crippen molar-refractivity contribution < 1.29 is 14.1 Å². The van der Waals surface area contributed by atoms with E-state index in [0.717, 1.165) is 45.3 Å². The summed E-state index contributed by atoms with van der Waals surface area (Å²) in [7, 11) is 0. The summed E-state index contributed by atoms with van der Waals surface area (Å²) in [5.41, 5.74) is 3.18. The molecule has 0 saturated carbocycles. The van der Waals surface area contributed by atoms with Crippen molar-refractivity contribution >= 4 is 23.0 Å². The van der Waals surface area contributed by atoms with Crippen LogP contribution in [0.2, 0.25) is 0 Å². The molecular formula is C30H42FN5O3. The Labute approximate surface area is 231 Å². The zero-order chi connectivity index (χ0) is 28.0. The van der Waals surface area contributed by atoms with Crippen LogP contribution >= 0.6 is 0 Å². The third kappa shape index (κ3) is 7.91. The molecule has 2 N–H and O–H groups in total. The van der Waals surface area contributed by atoms with Gasteiger partial charge in [0.25, 0.3) is 5.69 Å². The SMILES string of the molecule is CC(C)(C)c1ccc(NC2CCN(CCCC(=O)N3CC[C@@H](Nc4ccc([N+](=O)[O-])c(CF)c4)C3)CC2)cc1. The Morgan fingerprint density at radius 3 is 2.28 bits per heavy atom. The highest BCUT2D eigenvalue weighted by atomic mass is 19.1. The Kier molecular flexibility index (Phi) is 9.43. The maximum atomic E-state index is 13.2. The third-order valence-electron chi connectivity index (χ3n) is 7.91. The van der Waals surface area contributed by atoms with Crippen molar-refractivity contribution in [2.75, 3.05) is 43.4 Å². The van der Waals surface area contributed by atoms with Crippen LogP contribution in [0.4, 0.5) is 21.5 Å². The van der Waals surface area contributed by atoms with Gasteiger partial charge in [0.1, 0.15) is 6.67 Å². The van der Waals surface area contributed by atoms with Gasteiger partial charge in [0.2, 0.25) is 5.91 Å². The number of nitro groups is 1. The van der Waals surface area contributed by atoms with Crippen LogP contribution in [-0.4, -0.2) is 65.4 Å². The number of likely N-dealkylation sites (tertiary alicyclic amines) is 2. The molecule has 9 heteroatoms. The lowest BCUT2D eigenvalue weighted by molar-refractivity contribution is -0.385. The van der Waals surface area contributed by atoms with Crippen LogP contribution in [0.15, 0.2) is 42.5 Å². The molecule has 2 aliphatic rings. The summed E-state index contributed by atoms with van der Waals surface area (Å²) in [4.78, 5) is 27.6. The van der Waals surface area contributed by atoms with Gasteiger partial charge in [-0.25, -0.2) is 4.39 Å². The number of nitrogens with one attached hydrogen (secondary N) is 2. The Morgan fingerprint density at radius 2 is 1.64 bits per heavy atom. The third-order valence-corrected chi connectivity index (χ3v) is 7.91. The molecule has 2 heterocycles. The number of piperidine rings is 1. The number of rotatable bonds is 10. The van der Waals surface area contributed by atoms with E-state index in [2.05, 4.69) is 60.6 Å². The molecule has 2 fully saturated rings. The second-order valence-corrected chi connectivity index (χ2v) is 11.9. The molecule has 0 spiro atoms. The summed E-state index contributed by atoms with van der Waals surface area (Å²) in [6.45, 7) is 10.1. The topological polar surface area (TPSA) is 90.8 Å². The normalized spacial score (nSPS) is 18.8. The molecule has 0 aliphatic carbocycles. The summed E-state index contributed by atoms with van der Waals surface area (Å²) in [6, 6.07) is 13.8. The van der Waals surface area contributed by atoms with Crippen LogP contribution < -0.4 is 10.6 Å². The first-order valence-electron chi connectivity index (χ1n) is 14.1. The van der Waals surface area contributed by atoms with E-state index >= 15 is 0 Å². The van der Waals surface area contributed by atoms with Gasteiger partial charge >= 0.3 is 0 Å². The van der Waals surface area contributed by atoms with Crippen LogP contribution in [0.1, 0.15) is 64.0 Å². The molecule has 2 aromatic rings. The first-order chi connectivity index (χ1) is 18.6. The van der Waals surface area contributed by atoms with Crippen LogP contribution in [0.5, 0.6) is 0 Å². The lowest BCUT2D eigenvalue weighted by atomic mass is 9.87. The molecule has 0 unspecified atom stereocenters. The standard InChI is InChI=1S/C30H42FN5O3/c1-30(2,3)23-6-8-24(9-7-23)32-25-12-16-34(17-13-25)15-4-5-29(37)35-18-14-27(21-35)33-26-10-11-28(36(38)39)22(19-26)20-31/h6-11,19,25,27,32-33H,4-5,12-18,20-21H2,1-3H3/t27-/m1/s1. The van der Waals surface area contributed by atoms with E-state index in [4.69, 9.17) is 0 Å². The van der Waals surface area contributed by atoms with Crippen LogP contribution in [0.25, 0.3) is 0 Å². The number of benzene rings is 2. The molecule has 2 aliphatic heterocycles. The first-order valence-corrected chi connectivity index (χ1v) is 14.1. The summed E-state index contributed by atoms with van der Waals surface area (Å²) in [5, 5.41) is 18.0. The van der Waals surface area contributed by atoms with Gasteiger partial charge in [-0.05, 0) is 67.5 Å². The smallest absolute Gasteiger partial charge is 0.275 e. The van der Waals surface area contributed by atoms with E-state index in [1.807, 2.05) is 4.90 Å². The minimum Gasteiger partial charge on any atom is -0.382 e. The van der Waals surface area contributed by atoms with Gasteiger partial charge in [0.15, 0.2) is 0 Å². The molecule has 8 nitrogen and oxygen atoms in total. The minimum atomic E-state index is -0.888. The second kappa shape index (κ2) is 12.8. The monoisotopic (exact) mass is 539 g/mol. The lowest BCUT2D eigenvalue weighted by Crippen LogP contribution is -2.40. The number of carbonyl (C=O) groups excluding carboxylic acids is 1. The number of nitro benzene ring substituents is 1. The lowest BCUT2D eigenvalue weighted by Gasteiger charge is -2.33. The molecule has 1 amide bonds. The van der Waals surface area contributed by atoms with Gasteiger partial charge in [-0.3, -0.25) is 14.9 Å². The minimum absolute atomic E-state index is 0.0547. The Bertz CT molecular complexity index is 1130. The molecule has 1 atom stereocenters. The average molecular weight is 540 g/mol. The van der Waals surface area contributed by atoms with Crippen molar-refractivity contribution in [3.63, 3.8) is 0 Å². The van der Waals surface area contributed by atoms with Gasteiger partial charge in [0.05, 0.1) is 10.5 Å². The number of carbonyl (C=O) groups is 1. The van der Waals surface area contributed by atoms with E-state index in [0.29, 0.717) is 31.2 Å². The first kappa shape index (κ1) is 28.8. The molecule has 2 saturated heterocycles. The maximum absolute atomic E-state index is 13.2. The van der Waals surface area contributed by atoms with E-state index in [9.17, 15) is 19.3 Å². The highest BCUT2D eigenvalue weighted by Crippen LogP contribution is 2.26. The zero-order valence-electron chi connectivity index (χ0n) is 23.4. The number of hydrogen-bond acceptors (Lipinski definition) is 6. The van der Waals surface area contributed by atoms with Crippen molar-refractivity contribution in [2.24, 2.45) is 0 Å². The van der Waals surface area contributed by atoms with Crippen molar-refractivity contribution in [3.05, 3.63) is 63.7 Å². The number of halogens is 1. The fourth-order valence-corrected chi connectivity index (χ4v) is 5.52. The molecule has 0 bridgehead atoms.